The van der Waals surface area contributed by atoms with Crippen molar-refractivity contribution in [3.05, 3.63) is 53.2 Å². The highest BCUT2D eigenvalue weighted by Gasteiger charge is 2.24. The van der Waals surface area contributed by atoms with Gasteiger partial charge in [0.05, 0.1) is 12.0 Å². The van der Waals surface area contributed by atoms with Crippen LogP contribution in [0, 0.1) is 0 Å². The summed E-state index contributed by atoms with van der Waals surface area (Å²) >= 11 is 0.914. The van der Waals surface area contributed by atoms with Gasteiger partial charge in [-0.05, 0) is 53.7 Å². The van der Waals surface area contributed by atoms with Crippen LogP contribution in [0.4, 0.5) is 4.79 Å². The van der Waals surface area contributed by atoms with Crippen molar-refractivity contribution in [1.82, 2.24) is 9.88 Å². The fourth-order valence-corrected chi connectivity index (χ4v) is 2.67. The maximum Gasteiger partial charge on any atom is 0.290 e. The highest BCUT2D eigenvalue weighted by Crippen LogP contribution is 2.26. The van der Waals surface area contributed by atoms with E-state index >= 15 is 0 Å². The number of carbonyl (C=O) groups is 2. The standard InChI is InChI=1S/C15H12N2O3S/c1-20-12-4-2-11(3-5-12)17-7-6-10(9-17)8-13-14(18)16-15(19)21-13/h2-9H,1H3,(H,16,18,19)/b13-8-. The number of hydrogen-bond acceptors (Lipinski definition) is 4. The molecule has 6 heteroatoms. The number of hydrogen-bond donors (Lipinski definition) is 1. The Balaban J connectivity index is 1.84. The average Bonchev–Trinajstić information content (AvgIpc) is 3.07. The van der Waals surface area contributed by atoms with Gasteiger partial charge in [-0.25, -0.2) is 0 Å². The van der Waals surface area contributed by atoms with Gasteiger partial charge in [-0.15, -0.1) is 0 Å². The largest absolute Gasteiger partial charge is 0.497 e. The predicted octanol–water partition coefficient (Wildman–Crippen LogP) is 2.81. The van der Waals surface area contributed by atoms with Crippen LogP contribution in [0.5, 0.6) is 5.75 Å². The molecule has 3 rings (SSSR count). The molecule has 1 aliphatic heterocycles. The van der Waals surface area contributed by atoms with Gasteiger partial charge in [0.25, 0.3) is 11.1 Å². The minimum atomic E-state index is -0.345. The van der Waals surface area contributed by atoms with E-state index in [0.717, 1.165) is 28.8 Å². The van der Waals surface area contributed by atoms with Crippen LogP contribution >= 0.6 is 11.8 Å². The number of ether oxygens (including phenoxy) is 1. The lowest BCUT2D eigenvalue weighted by Crippen LogP contribution is -2.17. The summed E-state index contributed by atoms with van der Waals surface area (Å²) in [5, 5.41) is 1.90. The molecule has 5 nitrogen and oxygen atoms in total. The molecule has 0 radical (unpaired) electrons. The first kappa shape index (κ1) is 13.5. The Labute approximate surface area is 125 Å². The van der Waals surface area contributed by atoms with Crippen LogP contribution < -0.4 is 10.1 Å². The van der Waals surface area contributed by atoms with Gasteiger partial charge in [0.15, 0.2) is 0 Å². The zero-order chi connectivity index (χ0) is 14.8. The molecule has 1 fully saturated rings. The molecule has 2 amide bonds. The Morgan fingerprint density at radius 3 is 2.57 bits per heavy atom. The van der Waals surface area contributed by atoms with Gasteiger partial charge in [-0.1, -0.05) is 0 Å². The molecule has 106 valence electrons. The summed E-state index contributed by atoms with van der Waals surface area (Å²) in [7, 11) is 1.63. The van der Waals surface area contributed by atoms with E-state index < -0.39 is 0 Å². The highest BCUT2D eigenvalue weighted by atomic mass is 32.2. The van der Waals surface area contributed by atoms with Gasteiger partial charge in [-0.2, -0.15) is 0 Å². The summed E-state index contributed by atoms with van der Waals surface area (Å²) in [5.74, 6) is 0.452. The molecule has 1 aliphatic rings. The van der Waals surface area contributed by atoms with E-state index in [2.05, 4.69) is 5.32 Å². The molecular formula is C15H12N2O3S. The number of carbonyl (C=O) groups excluding carboxylic acids is 2. The Kier molecular flexibility index (Phi) is 3.53. The number of methoxy groups -OCH3 is 1. The fraction of sp³-hybridized carbons (Fsp3) is 0.0667. The van der Waals surface area contributed by atoms with E-state index in [9.17, 15) is 9.59 Å². The summed E-state index contributed by atoms with van der Waals surface area (Å²) < 4.78 is 7.06. The number of imide groups is 1. The van der Waals surface area contributed by atoms with Gasteiger partial charge < -0.3 is 9.30 Å². The van der Waals surface area contributed by atoms with Crippen LogP contribution in [-0.2, 0) is 4.79 Å². The predicted molar refractivity (Wildman–Crippen MR) is 81.4 cm³/mol. The van der Waals surface area contributed by atoms with Crippen LogP contribution in [0.1, 0.15) is 5.56 Å². The molecule has 1 N–H and O–H groups in total. The molecule has 0 bridgehead atoms. The molecule has 1 saturated heterocycles. The van der Waals surface area contributed by atoms with Crippen molar-refractivity contribution in [2.45, 2.75) is 0 Å². The van der Waals surface area contributed by atoms with Gasteiger partial charge in [0.1, 0.15) is 5.75 Å². The third-order valence-electron chi connectivity index (χ3n) is 3.03. The minimum absolute atomic E-state index is 0.333. The summed E-state index contributed by atoms with van der Waals surface area (Å²) in [6.45, 7) is 0. The van der Waals surface area contributed by atoms with Crippen LogP contribution in [0.3, 0.4) is 0 Å². The molecule has 1 aromatic heterocycles. The highest BCUT2D eigenvalue weighted by molar-refractivity contribution is 8.18. The van der Waals surface area contributed by atoms with Crippen molar-refractivity contribution >= 4 is 29.0 Å². The van der Waals surface area contributed by atoms with Gasteiger partial charge in [0, 0.05) is 18.1 Å². The lowest BCUT2D eigenvalue weighted by molar-refractivity contribution is -0.115. The number of thioether (sulfide) groups is 1. The second-order valence-corrected chi connectivity index (χ2v) is 5.42. The van der Waals surface area contributed by atoms with E-state index in [1.54, 1.807) is 13.2 Å². The summed E-state index contributed by atoms with van der Waals surface area (Å²) in [6, 6.07) is 9.53. The van der Waals surface area contributed by atoms with Crippen molar-refractivity contribution < 1.29 is 14.3 Å². The minimum Gasteiger partial charge on any atom is -0.497 e. The maximum absolute atomic E-state index is 11.5. The molecule has 2 heterocycles. The van der Waals surface area contributed by atoms with Crippen molar-refractivity contribution in [3.8, 4) is 11.4 Å². The molecule has 0 unspecified atom stereocenters. The van der Waals surface area contributed by atoms with Crippen LogP contribution in [0.15, 0.2) is 47.6 Å². The molecule has 0 spiro atoms. The van der Waals surface area contributed by atoms with E-state index in [4.69, 9.17) is 4.74 Å². The van der Waals surface area contributed by atoms with Crippen molar-refractivity contribution in [1.29, 1.82) is 0 Å². The molecule has 0 saturated carbocycles. The normalized spacial score (nSPS) is 16.3. The summed E-state index contributed by atoms with van der Waals surface area (Å²) in [6.07, 6.45) is 5.49. The van der Waals surface area contributed by atoms with E-state index in [0.29, 0.717) is 4.91 Å². The SMILES string of the molecule is COc1ccc(-n2ccc(/C=C3\SC(=O)NC3=O)c2)cc1. The Morgan fingerprint density at radius 1 is 1.19 bits per heavy atom. The van der Waals surface area contributed by atoms with E-state index in [-0.39, 0.29) is 11.1 Å². The Hall–Kier alpha value is -2.47. The number of aromatic nitrogens is 1. The second kappa shape index (κ2) is 5.49. The van der Waals surface area contributed by atoms with Crippen molar-refractivity contribution in [2.75, 3.05) is 7.11 Å². The first-order valence-corrected chi connectivity index (χ1v) is 7.04. The number of amides is 2. The zero-order valence-electron chi connectivity index (χ0n) is 11.2. The van der Waals surface area contributed by atoms with Crippen molar-refractivity contribution in [3.63, 3.8) is 0 Å². The fourth-order valence-electron chi connectivity index (χ4n) is 1.99. The third kappa shape index (κ3) is 2.85. The topological polar surface area (TPSA) is 60.3 Å². The maximum atomic E-state index is 11.5. The summed E-state index contributed by atoms with van der Waals surface area (Å²) in [4.78, 5) is 23.0. The van der Waals surface area contributed by atoms with Crippen LogP contribution in [-0.4, -0.2) is 22.8 Å². The Morgan fingerprint density at radius 2 is 1.95 bits per heavy atom. The Bertz CT molecular complexity index is 732. The first-order chi connectivity index (χ1) is 10.2. The number of nitrogens with zero attached hydrogens (tertiary/aromatic N) is 1. The molecule has 0 aliphatic carbocycles. The number of nitrogens with one attached hydrogen (secondary N) is 1. The zero-order valence-corrected chi connectivity index (χ0v) is 12.0. The lowest BCUT2D eigenvalue weighted by Gasteiger charge is -2.04. The first-order valence-electron chi connectivity index (χ1n) is 6.23. The van der Waals surface area contributed by atoms with Crippen molar-refractivity contribution in [2.24, 2.45) is 0 Å². The lowest BCUT2D eigenvalue weighted by atomic mass is 10.3. The smallest absolute Gasteiger partial charge is 0.290 e. The van der Waals surface area contributed by atoms with Gasteiger partial charge in [0.2, 0.25) is 0 Å². The molecule has 1 aromatic carbocycles. The third-order valence-corrected chi connectivity index (χ3v) is 3.84. The molecule has 2 aromatic rings. The second-order valence-electron chi connectivity index (χ2n) is 4.40. The average molecular weight is 300 g/mol. The van der Waals surface area contributed by atoms with Crippen LogP contribution in [0.2, 0.25) is 0 Å². The van der Waals surface area contributed by atoms with Crippen LogP contribution in [0.25, 0.3) is 11.8 Å². The molecule has 21 heavy (non-hydrogen) atoms. The quantitative estimate of drug-likeness (QED) is 0.886. The molecule has 0 atom stereocenters. The van der Waals surface area contributed by atoms with E-state index in [1.807, 2.05) is 47.3 Å². The van der Waals surface area contributed by atoms with E-state index in [1.165, 1.54) is 0 Å². The number of benzene rings is 1. The van der Waals surface area contributed by atoms with Gasteiger partial charge in [-0.3, -0.25) is 14.9 Å². The monoisotopic (exact) mass is 300 g/mol. The molecular weight excluding hydrogens is 288 g/mol. The summed E-state index contributed by atoms with van der Waals surface area (Å²) in [5.41, 5.74) is 1.85. The number of rotatable bonds is 3. The van der Waals surface area contributed by atoms with Gasteiger partial charge >= 0.3 is 0 Å².